The minimum atomic E-state index is -0.252. The number of ether oxygens (including phenoxy) is 1. The fourth-order valence-electron chi connectivity index (χ4n) is 2.21. The van der Waals surface area contributed by atoms with Gasteiger partial charge in [-0.15, -0.1) is 0 Å². The topological polar surface area (TPSA) is 67.4 Å². The summed E-state index contributed by atoms with van der Waals surface area (Å²) in [5.41, 5.74) is 0.958. The smallest absolute Gasteiger partial charge is 0.251 e. The number of carbonyl (C=O) groups excluding carboxylic acids is 2. The van der Waals surface area contributed by atoms with Crippen molar-refractivity contribution in [3.8, 4) is 5.75 Å². The van der Waals surface area contributed by atoms with Crippen LogP contribution in [-0.2, 0) is 4.79 Å². The first-order chi connectivity index (χ1) is 12.8. The van der Waals surface area contributed by atoms with E-state index in [2.05, 4.69) is 26.6 Å². The Labute approximate surface area is 168 Å². The van der Waals surface area contributed by atoms with Crippen LogP contribution in [0.15, 0.2) is 53.0 Å². The van der Waals surface area contributed by atoms with Gasteiger partial charge in [0.2, 0.25) is 5.91 Å². The van der Waals surface area contributed by atoms with Gasteiger partial charge in [0.25, 0.3) is 5.91 Å². The summed E-state index contributed by atoms with van der Waals surface area (Å²) >= 11 is 3.38. The summed E-state index contributed by atoms with van der Waals surface area (Å²) in [6.45, 7) is 6.28. The first kappa shape index (κ1) is 21.0. The number of halogens is 1. The van der Waals surface area contributed by atoms with E-state index in [1.807, 2.05) is 45.0 Å². The number of hydrogen-bond acceptors (Lipinski definition) is 3. The lowest BCUT2D eigenvalue weighted by atomic mass is 10.0. The van der Waals surface area contributed by atoms with Crippen molar-refractivity contribution in [2.24, 2.45) is 0 Å². The molecule has 2 aromatic carbocycles. The van der Waals surface area contributed by atoms with Crippen molar-refractivity contribution in [3.63, 3.8) is 0 Å². The summed E-state index contributed by atoms with van der Waals surface area (Å²) < 4.78 is 6.49. The molecule has 0 fully saturated rings. The molecule has 0 saturated heterocycles. The fourth-order valence-corrected chi connectivity index (χ4v) is 2.59. The Morgan fingerprint density at radius 3 is 2.44 bits per heavy atom. The number of anilines is 1. The van der Waals surface area contributed by atoms with Gasteiger partial charge in [0.15, 0.2) is 0 Å². The van der Waals surface area contributed by atoms with Gasteiger partial charge >= 0.3 is 0 Å². The van der Waals surface area contributed by atoms with Crippen LogP contribution in [0.5, 0.6) is 5.75 Å². The van der Waals surface area contributed by atoms with E-state index in [4.69, 9.17) is 4.74 Å². The fraction of sp³-hybridized carbons (Fsp3) is 0.333. The zero-order valence-electron chi connectivity index (χ0n) is 15.8. The lowest BCUT2D eigenvalue weighted by Crippen LogP contribution is -2.42. The SMILES string of the molecule is CCC(C)(C)NC(=O)c1ccc(NC(=O)CCOc2cccc(Br)c2)cc1. The molecule has 2 amide bonds. The first-order valence-corrected chi connectivity index (χ1v) is 9.69. The maximum atomic E-state index is 12.2. The maximum absolute atomic E-state index is 12.2. The van der Waals surface area contributed by atoms with Gasteiger partial charge < -0.3 is 15.4 Å². The van der Waals surface area contributed by atoms with E-state index in [9.17, 15) is 9.59 Å². The molecule has 144 valence electrons. The molecule has 0 heterocycles. The van der Waals surface area contributed by atoms with E-state index in [0.717, 1.165) is 10.9 Å². The van der Waals surface area contributed by atoms with Crippen LogP contribution >= 0.6 is 15.9 Å². The van der Waals surface area contributed by atoms with Crippen molar-refractivity contribution >= 4 is 33.4 Å². The highest BCUT2D eigenvalue weighted by molar-refractivity contribution is 9.10. The predicted octanol–water partition coefficient (Wildman–Crippen LogP) is 4.78. The van der Waals surface area contributed by atoms with Crippen molar-refractivity contribution in [2.75, 3.05) is 11.9 Å². The molecule has 0 aliphatic rings. The van der Waals surface area contributed by atoms with Gasteiger partial charge in [-0.1, -0.05) is 28.9 Å². The molecular formula is C21H25BrN2O3. The molecule has 0 aliphatic heterocycles. The van der Waals surface area contributed by atoms with Crippen LogP contribution in [0.4, 0.5) is 5.69 Å². The van der Waals surface area contributed by atoms with Crippen LogP contribution in [0.25, 0.3) is 0 Å². The van der Waals surface area contributed by atoms with Crippen LogP contribution in [0.2, 0.25) is 0 Å². The molecule has 5 nitrogen and oxygen atoms in total. The molecule has 0 atom stereocenters. The Balaban J connectivity index is 1.81. The van der Waals surface area contributed by atoms with Gasteiger partial charge in [0.1, 0.15) is 5.75 Å². The molecule has 2 N–H and O–H groups in total. The van der Waals surface area contributed by atoms with Crippen LogP contribution < -0.4 is 15.4 Å². The van der Waals surface area contributed by atoms with E-state index in [1.165, 1.54) is 0 Å². The van der Waals surface area contributed by atoms with Crippen molar-refractivity contribution < 1.29 is 14.3 Å². The molecule has 6 heteroatoms. The Bertz CT molecular complexity index is 788. The average molecular weight is 433 g/mol. The third kappa shape index (κ3) is 7.06. The number of hydrogen-bond donors (Lipinski definition) is 2. The molecule has 0 saturated carbocycles. The van der Waals surface area contributed by atoms with E-state index in [1.54, 1.807) is 24.3 Å². The second-order valence-electron chi connectivity index (χ2n) is 6.87. The average Bonchev–Trinajstić information content (AvgIpc) is 2.62. The van der Waals surface area contributed by atoms with Crippen LogP contribution in [0, 0.1) is 0 Å². The Morgan fingerprint density at radius 1 is 1.11 bits per heavy atom. The summed E-state index contributed by atoms with van der Waals surface area (Å²) in [4.78, 5) is 24.3. The summed E-state index contributed by atoms with van der Waals surface area (Å²) in [6.07, 6.45) is 1.08. The van der Waals surface area contributed by atoms with Gasteiger partial charge in [0, 0.05) is 21.3 Å². The van der Waals surface area contributed by atoms with Gasteiger partial charge in [0.05, 0.1) is 13.0 Å². The van der Waals surface area contributed by atoms with E-state index in [0.29, 0.717) is 17.0 Å². The van der Waals surface area contributed by atoms with Gasteiger partial charge in [-0.25, -0.2) is 0 Å². The second kappa shape index (κ2) is 9.55. The van der Waals surface area contributed by atoms with Crippen molar-refractivity contribution in [1.29, 1.82) is 0 Å². The van der Waals surface area contributed by atoms with Crippen molar-refractivity contribution in [2.45, 2.75) is 39.2 Å². The van der Waals surface area contributed by atoms with Crippen molar-refractivity contribution in [3.05, 3.63) is 58.6 Å². The number of nitrogens with one attached hydrogen (secondary N) is 2. The quantitative estimate of drug-likeness (QED) is 0.630. The summed E-state index contributed by atoms with van der Waals surface area (Å²) in [7, 11) is 0. The van der Waals surface area contributed by atoms with Crippen LogP contribution in [-0.4, -0.2) is 24.0 Å². The summed E-state index contributed by atoms with van der Waals surface area (Å²) in [5.74, 6) is 0.444. The number of carbonyl (C=O) groups is 2. The zero-order chi connectivity index (χ0) is 19.9. The third-order valence-corrected chi connectivity index (χ3v) is 4.65. The Kier molecular flexibility index (Phi) is 7.42. The molecule has 0 aromatic heterocycles. The number of amides is 2. The molecule has 0 unspecified atom stereocenters. The zero-order valence-corrected chi connectivity index (χ0v) is 17.4. The van der Waals surface area contributed by atoms with Gasteiger partial charge in [-0.05, 0) is 62.7 Å². The Hall–Kier alpha value is -2.34. The minimum Gasteiger partial charge on any atom is -0.493 e. The highest BCUT2D eigenvalue weighted by Gasteiger charge is 2.18. The van der Waals surface area contributed by atoms with Gasteiger partial charge in [-0.2, -0.15) is 0 Å². The van der Waals surface area contributed by atoms with Gasteiger partial charge in [-0.3, -0.25) is 9.59 Å². The maximum Gasteiger partial charge on any atom is 0.251 e. The number of benzene rings is 2. The standard InChI is InChI=1S/C21H25BrN2O3/c1-4-21(2,3)24-20(26)15-8-10-17(11-9-15)23-19(25)12-13-27-18-7-5-6-16(22)14-18/h5-11,14H,4,12-13H2,1-3H3,(H,23,25)(H,24,26). The molecule has 0 spiro atoms. The van der Waals surface area contributed by atoms with Crippen LogP contribution in [0.1, 0.15) is 44.0 Å². The molecule has 2 aromatic rings. The molecule has 2 rings (SSSR count). The Morgan fingerprint density at radius 2 is 1.81 bits per heavy atom. The first-order valence-electron chi connectivity index (χ1n) is 8.90. The largest absolute Gasteiger partial charge is 0.493 e. The minimum absolute atomic E-state index is 0.123. The van der Waals surface area contributed by atoms with E-state index < -0.39 is 0 Å². The third-order valence-electron chi connectivity index (χ3n) is 4.16. The lowest BCUT2D eigenvalue weighted by molar-refractivity contribution is -0.116. The monoisotopic (exact) mass is 432 g/mol. The van der Waals surface area contributed by atoms with Crippen LogP contribution in [0.3, 0.4) is 0 Å². The van der Waals surface area contributed by atoms with E-state index >= 15 is 0 Å². The predicted molar refractivity (Wildman–Crippen MR) is 111 cm³/mol. The summed E-state index contributed by atoms with van der Waals surface area (Å²) in [6, 6.07) is 14.3. The second-order valence-corrected chi connectivity index (χ2v) is 7.79. The molecule has 27 heavy (non-hydrogen) atoms. The molecule has 0 radical (unpaired) electrons. The molecule has 0 aliphatic carbocycles. The summed E-state index contributed by atoms with van der Waals surface area (Å²) in [5, 5.41) is 5.79. The lowest BCUT2D eigenvalue weighted by Gasteiger charge is -2.24. The number of rotatable bonds is 8. The normalized spacial score (nSPS) is 11.0. The highest BCUT2D eigenvalue weighted by Crippen LogP contribution is 2.18. The molecular weight excluding hydrogens is 408 g/mol. The van der Waals surface area contributed by atoms with Crippen molar-refractivity contribution in [1.82, 2.24) is 5.32 Å². The molecule has 0 bridgehead atoms. The highest BCUT2D eigenvalue weighted by atomic mass is 79.9. The van der Waals surface area contributed by atoms with E-state index in [-0.39, 0.29) is 30.4 Å².